The molecule has 7 heteroatoms. The van der Waals surface area contributed by atoms with Crippen LogP contribution in [0, 0.1) is 17.1 Å². The molecule has 3 nitrogen and oxygen atoms in total. The zero-order chi connectivity index (χ0) is 15.6. The molecule has 0 radical (unpaired) electrons. The number of benzene rings is 1. The Hall–Kier alpha value is -1.65. The van der Waals surface area contributed by atoms with Gasteiger partial charge < -0.3 is 5.73 Å². The first-order chi connectivity index (χ1) is 9.90. The van der Waals surface area contributed by atoms with E-state index in [1.54, 1.807) is 6.07 Å². The zero-order valence-corrected chi connectivity index (χ0v) is 11.2. The smallest absolute Gasteiger partial charge is 0.329 e. The van der Waals surface area contributed by atoms with Gasteiger partial charge in [0.15, 0.2) is 0 Å². The predicted molar refractivity (Wildman–Crippen MR) is 68.7 cm³/mol. The molecule has 2 rings (SSSR count). The van der Waals surface area contributed by atoms with Gasteiger partial charge in [0.05, 0.1) is 5.56 Å². The molecular formula is C14H15F4N3. The SMILES string of the molecule is N#Cc1cccc(C(N(CCN)C2CC2)C(F)(F)F)c1F. The molecule has 0 amide bonds. The van der Waals surface area contributed by atoms with E-state index in [2.05, 4.69) is 0 Å². The van der Waals surface area contributed by atoms with E-state index in [-0.39, 0.29) is 24.7 Å². The second kappa shape index (κ2) is 6.00. The van der Waals surface area contributed by atoms with Crippen molar-refractivity contribution in [2.45, 2.75) is 31.1 Å². The average molecular weight is 301 g/mol. The minimum atomic E-state index is -4.63. The maximum absolute atomic E-state index is 14.2. The number of hydrogen-bond donors (Lipinski definition) is 1. The summed E-state index contributed by atoms with van der Waals surface area (Å²) in [5.74, 6) is -1.11. The molecule has 0 bridgehead atoms. The lowest BCUT2D eigenvalue weighted by molar-refractivity contribution is -0.188. The van der Waals surface area contributed by atoms with Gasteiger partial charge in [0.25, 0.3) is 0 Å². The lowest BCUT2D eigenvalue weighted by Gasteiger charge is -2.33. The van der Waals surface area contributed by atoms with Crippen molar-refractivity contribution in [2.24, 2.45) is 5.73 Å². The summed E-state index contributed by atoms with van der Waals surface area (Å²) in [5.41, 5.74) is 4.50. The van der Waals surface area contributed by atoms with Gasteiger partial charge in [0.2, 0.25) is 0 Å². The molecule has 2 N–H and O–H groups in total. The Morgan fingerprint density at radius 2 is 2.05 bits per heavy atom. The van der Waals surface area contributed by atoms with Crippen LogP contribution in [0.25, 0.3) is 0 Å². The van der Waals surface area contributed by atoms with Crippen molar-refractivity contribution < 1.29 is 17.6 Å². The van der Waals surface area contributed by atoms with Crippen LogP contribution in [-0.2, 0) is 0 Å². The Morgan fingerprint density at radius 1 is 1.38 bits per heavy atom. The molecule has 0 heterocycles. The molecule has 0 aliphatic heterocycles. The van der Waals surface area contributed by atoms with Crippen LogP contribution in [0.5, 0.6) is 0 Å². The Bertz CT molecular complexity index is 546. The summed E-state index contributed by atoms with van der Waals surface area (Å²) in [4.78, 5) is 1.19. The first kappa shape index (κ1) is 15.7. The standard InChI is InChI=1S/C14H15F4N3/c15-12-9(8-20)2-1-3-11(12)13(14(16,17)18)21(7-6-19)10-4-5-10/h1-3,10,13H,4-7,19H2. The Kier molecular flexibility index (Phi) is 4.49. The molecule has 1 aromatic rings. The van der Waals surface area contributed by atoms with E-state index in [4.69, 9.17) is 11.0 Å². The molecule has 1 atom stereocenters. The molecule has 0 aromatic heterocycles. The fraction of sp³-hybridized carbons (Fsp3) is 0.500. The summed E-state index contributed by atoms with van der Waals surface area (Å²) >= 11 is 0. The number of rotatable bonds is 5. The molecule has 0 spiro atoms. The van der Waals surface area contributed by atoms with Crippen LogP contribution in [0.4, 0.5) is 17.6 Å². The molecule has 114 valence electrons. The lowest BCUT2D eigenvalue weighted by Crippen LogP contribution is -2.43. The van der Waals surface area contributed by atoms with Gasteiger partial charge in [-0.1, -0.05) is 12.1 Å². The van der Waals surface area contributed by atoms with Gasteiger partial charge in [-0.05, 0) is 18.9 Å². The van der Waals surface area contributed by atoms with Crippen molar-refractivity contribution in [1.82, 2.24) is 4.90 Å². The zero-order valence-electron chi connectivity index (χ0n) is 11.2. The first-order valence-electron chi connectivity index (χ1n) is 6.61. The highest BCUT2D eigenvalue weighted by atomic mass is 19.4. The van der Waals surface area contributed by atoms with Crippen LogP contribution in [0.3, 0.4) is 0 Å². The summed E-state index contributed by atoms with van der Waals surface area (Å²) in [6, 6.07) is 2.79. The molecule has 1 aliphatic carbocycles. The fourth-order valence-electron chi connectivity index (χ4n) is 2.47. The molecule has 1 unspecified atom stereocenters. The highest BCUT2D eigenvalue weighted by molar-refractivity contribution is 5.37. The fourth-order valence-corrected chi connectivity index (χ4v) is 2.47. The number of hydrogen-bond acceptors (Lipinski definition) is 3. The molecule has 1 aromatic carbocycles. The van der Waals surface area contributed by atoms with Crippen LogP contribution in [-0.4, -0.2) is 30.2 Å². The van der Waals surface area contributed by atoms with E-state index in [0.717, 1.165) is 12.1 Å². The van der Waals surface area contributed by atoms with Crippen LogP contribution in [0.1, 0.15) is 30.0 Å². The van der Waals surface area contributed by atoms with Crippen LogP contribution in [0.2, 0.25) is 0 Å². The third kappa shape index (κ3) is 3.34. The topological polar surface area (TPSA) is 53.0 Å². The van der Waals surface area contributed by atoms with Crippen molar-refractivity contribution in [2.75, 3.05) is 13.1 Å². The first-order valence-corrected chi connectivity index (χ1v) is 6.61. The largest absolute Gasteiger partial charge is 0.408 e. The average Bonchev–Trinajstić information content (AvgIpc) is 3.23. The second-order valence-corrected chi connectivity index (χ2v) is 5.02. The second-order valence-electron chi connectivity index (χ2n) is 5.02. The summed E-state index contributed by atoms with van der Waals surface area (Å²) in [5, 5.41) is 8.79. The van der Waals surface area contributed by atoms with Gasteiger partial charge in [0, 0.05) is 24.7 Å². The Balaban J connectivity index is 2.48. The highest BCUT2D eigenvalue weighted by Gasteiger charge is 2.49. The van der Waals surface area contributed by atoms with E-state index >= 15 is 0 Å². The number of nitrogens with zero attached hydrogens (tertiary/aromatic N) is 2. The molecule has 1 saturated carbocycles. The van der Waals surface area contributed by atoms with Gasteiger partial charge in [-0.25, -0.2) is 4.39 Å². The predicted octanol–water partition coefficient (Wildman–Crippen LogP) is 2.72. The van der Waals surface area contributed by atoms with E-state index < -0.39 is 23.6 Å². The molecular weight excluding hydrogens is 286 g/mol. The van der Waals surface area contributed by atoms with Crippen molar-refractivity contribution in [1.29, 1.82) is 5.26 Å². The number of halogens is 4. The number of nitriles is 1. The van der Waals surface area contributed by atoms with Crippen LogP contribution < -0.4 is 5.73 Å². The lowest BCUT2D eigenvalue weighted by atomic mass is 10.0. The summed E-state index contributed by atoms with van der Waals surface area (Å²) in [7, 11) is 0. The van der Waals surface area contributed by atoms with Gasteiger partial charge in [-0.15, -0.1) is 0 Å². The van der Waals surface area contributed by atoms with E-state index in [0.29, 0.717) is 12.8 Å². The van der Waals surface area contributed by atoms with Crippen LogP contribution in [0.15, 0.2) is 18.2 Å². The van der Waals surface area contributed by atoms with E-state index in [1.807, 2.05) is 0 Å². The maximum Gasteiger partial charge on any atom is 0.408 e. The molecule has 1 fully saturated rings. The number of alkyl halides is 3. The quantitative estimate of drug-likeness (QED) is 0.851. The third-order valence-corrected chi connectivity index (χ3v) is 3.49. The van der Waals surface area contributed by atoms with Gasteiger partial charge in [-0.3, -0.25) is 4.90 Å². The Labute approximate surface area is 119 Å². The molecule has 0 saturated heterocycles. The minimum absolute atomic E-state index is 0.0328. The summed E-state index contributed by atoms with van der Waals surface area (Å²) in [6.45, 7) is 0.0910. The molecule has 21 heavy (non-hydrogen) atoms. The monoisotopic (exact) mass is 301 g/mol. The summed E-state index contributed by atoms with van der Waals surface area (Å²) in [6.07, 6.45) is -3.34. The maximum atomic E-state index is 14.2. The van der Waals surface area contributed by atoms with Gasteiger partial charge >= 0.3 is 6.18 Å². The minimum Gasteiger partial charge on any atom is -0.329 e. The van der Waals surface area contributed by atoms with E-state index in [9.17, 15) is 17.6 Å². The summed E-state index contributed by atoms with van der Waals surface area (Å²) < 4.78 is 54.5. The van der Waals surface area contributed by atoms with Crippen molar-refractivity contribution in [3.8, 4) is 6.07 Å². The molecule has 1 aliphatic rings. The van der Waals surface area contributed by atoms with Crippen LogP contribution >= 0.6 is 0 Å². The number of nitrogens with two attached hydrogens (primary N) is 1. The normalized spacial score (nSPS) is 16.8. The van der Waals surface area contributed by atoms with E-state index in [1.165, 1.54) is 11.0 Å². The highest BCUT2D eigenvalue weighted by Crippen LogP contribution is 2.44. The third-order valence-electron chi connectivity index (χ3n) is 3.49. The van der Waals surface area contributed by atoms with Gasteiger partial charge in [0.1, 0.15) is 17.9 Å². The van der Waals surface area contributed by atoms with Gasteiger partial charge in [-0.2, -0.15) is 18.4 Å². The van der Waals surface area contributed by atoms with Crippen molar-refractivity contribution in [3.05, 3.63) is 35.1 Å². The Morgan fingerprint density at radius 3 is 2.52 bits per heavy atom. The van der Waals surface area contributed by atoms with Crippen molar-refractivity contribution >= 4 is 0 Å². The van der Waals surface area contributed by atoms with Crippen molar-refractivity contribution in [3.63, 3.8) is 0 Å².